The highest BCUT2D eigenvalue weighted by Crippen LogP contribution is 2.52. The molecular weight excluding hydrogens is 556 g/mol. The minimum atomic E-state index is 0.221. The summed E-state index contributed by atoms with van der Waals surface area (Å²) in [5.41, 5.74) is 9.21. The number of hydrogen-bond acceptors (Lipinski definition) is 2. The van der Waals surface area contributed by atoms with E-state index in [1.54, 1.807) is 0 Å². The van der Waals surface area contributed by atoms with E-state index in [-0.39, 0.29) is 12.0 Å². The van der Waals surface area contributed by atoms with Crippen molar-refractivity contribution in [3.05, 3.63) is 137 Å². The van der Waals surface area contributed by atoms with E-state index in [0.29, 0.717) is 0 Å². The Morgan fingerprint density at radius 3 is 2.30 bits per heavy atom. The minimum absolute atomic E-state index is 0.221. The molecule has 1 aliphatic heterocycles. The second-order valence-corrected chi connectivity index (χ2v) is 11.5. The summed E-state index contributed by atoms with van der Waals surface area (Å²) < 4.78 is 9.86. The molecule has 0 N–H and O–H groups in total. The zero-order valence-electron chi connectivity index (χ0n) is 21.5. The van der Waals surface area contributed by atoms with Crippen LogP contribution in [0.5, 0.6) is 0 Å². The average molecular weight is 579 g/mol. The summed E-state index contributed by atoms with van der Waals surface area (Å²) in [6.45, 7) is 0. The van der Waals surface area contributed by atoms with Gasteiger partial charge in [0, 0.05) is 39.0 Å². The summed E-state index contributed by atoms with van der Waals surface area (Å²) in [6, 6.07) is 37.1. The maximum absolute atomic E-state index is 6.41. The van der Waals surface area contributed by atoms with E-state index in [1.165, 1.54) is 38.7 Å². The Bertz CT molecular complexity index is 2200. The Hall–Kier alpha value is -4.54. The van der Waals surface area contributed by atoms with Crippen molar-refractivity contribution in [2.75, 3.05) is 4.90 Å². The van der Waals surface area contributed by atoms with Crippen molar-refractivity contribution in [2.45, 2.75) is 12.0 Å². The van der Waals surface area contributed by atoms with Crippen LogP contribution in [0, 0.1) is 0 Å². The Balaban J connectivity index is 1.46. The zero-order chi connectivity index (χ0) is 26.4. The molecule has 5 aromatic carbocycles. The Kier molecular flexibility index (Phi) is 4.59. The second kappa shape index (κ2) is 8.23. The predicted octanol–water partition coefficient (Wildman–Crippen LogP) is 10.2. The summed E-state index contributed by atoms with van der Waals surface area (Å²) in [5, 5.41) is 4.78. The highest BCUT2D eigenvalue weighted by molar-refractivity contribution is 9.10. The quantitative estimate of drug-likeness (QED) is 0.203. The van der Waals surface area contributed by atoms with Crippen LogP contribution in [0.15, 0.2) is 136 Å². The van der Waals surface area contributed by atoms with Gasteiger partial charge in [-0.3, -0.25) is 0 Å². The van der Waals surface area contributed by atoms with Crippen LogP contribution in [0.3, 0.4) is 0 Å². The number of fused-ring (bicyclic) bond motifs is 10. The van der Waals surface area contributed by atoms with Gasteiger partial charge in [0.05, 0.1) is 32.6 Å². The van der Waals surface area contributed by atoms with Gasteiger partial charge in [-0.25, -0.2) is 0 Å². The van der Waals surface area contributed by atoms with Crippen LogP contribution in [-0.4, -0.2) is 10.6 Å². The van der Waals surface area contributed by atoms with Gasteiger partial charge in [-0.15, -0.1) is 0 Å². The molecule has 3 heterocycles. The van der Waals surface area contributed by atoms with Gasteiger partial charge in [0.25, 0.3) is 0 Å². The van der Waals surface area contributed by atoms with Crippen LogP contribution < -0.4 is 4.90 Å². The molecule has 2 atom stereocenters. The van der Waals surface area contributed by atoms with Gasteiger partial charge in [0.1, 0.15) is 5.58 Å². The first-order valence-electron chi connectivity index (χ1n) is 13.6. The van der Waals surface area contributed by atoms with Crippen molar-refractivity contribution < 1.29 is 4.42 Å². The van der Waals surface area contributed by atoms with Crippen molar-refractivity contribution >= 4 is 71.0 Å². The lowest BCUT2D eigenvalue weighted by Crippen LogP contribution is -2.28. The van der Waals surface area contributed by atoms with E-state index in [1.807, 2.05) is 6.07 Å². The van der Waals surface area contributed by atoms with Gasteiger partial charge in [-0.1, -0.05) is 85.0 Å². The zero-order valence-corrected chi connectivity index (χ0v) is 23.0. The number of benzene rings is 5. The Morgan fingerprint density at radius 1 is 0.650 bits per heavy atom. The molecule has 2 aliphatic rings. The first-order valence-corrected chi connectivity index (χ1v) is 14.4. The predicted molar refractivity (Wildman–Crippen MR) is 169 cm³/mol. The number of halogens is 1. The molecular formula is C36H23BrN2O. The van der Waals surface area contributed by atoms with Crippen LogP contribution in [0.1, 0.15) is 11.5 Å². The molecule has 0 saturated carbocycles. The van der Waals surface area contributed by atoms with Gasteiger partial charge in [-0.2, -0.15) is 0 Å². The maximum atomic E-state index is 6.41. The van der Waals surface area contributed by atoms with Gasteiger partial charge in [0.15, 0.2) is 5.58 Å². The third-order valence-electron chi connectivity index (χ3n) is 8.58. The highest BCUT2D eigenvalue weighted by atomic mass is 79.9. The third kappa shape index (κ3) is 2.89. The molecule has 0 radical (unpaired) electrons. The van der Waals surface area contributed by atoms with E-state index in [0.717, 1.165) is 32.1 Å². The molecule has 0 saturated heterocycles. The molecule has 0 fully saturated rings. The number of allylic oxidation sites excluding steroid dienone is 2. The van der Waals surface area contributed by atoms with Crippen molar-refractivity contribution in [3.63, 3.8) is 0 Å². The summed E-state index contributed by atoms with van der Waals surface area (Å²) in [7, 11) is 0. The number of anilines is 2. The van der Waals surface area contributed by atoms with E-state index >= 15 is 0 Å². The van der Waals surface area contributed by atoms with E-state index in [2.05, 4.69) is 147 Å². The van der Waals surface area contributed by atoms with Crippen LogP contribution >= 0.6 is 15.9 Å². The first-order chi connectivity index (χ1) is 19.8. The molecule has 1 aliphatic carbocycles. The van der Waals surface area contributed by atoms with Crippen molar-refractivity contribution in [2.24, 2.45) is 0 Å². The number of nitrogens with zero attached hydrogens (tertiary/aromatic N) is 2. The molecule has 2 unspecified atom stereocenters. The lowest BCUT2D eigenvalue weighted by Gasteiger charge is -2.28. The first kappa shape index (κ1) is 22.3. The Morgan fingerprint density at radius 2 is 1.40 bits per heavy atom. The molecule has 7 aromatic rings. The third-order valence-corrected chi connectivity index (χ3v) is 9.21. The second-order valence-electron chi connectivity index (χ2n) is 10.6. The number of hydrogen-bond donors (Lipinski definition) is 0. The molecule has 0 amide bonds. The Labute approximate surface area is 239 Å². The van der Waals surface area contributed by atoms with Gasteiger partial charge in [0.2, 0.25) is 0 Å². The van der Waals surface area contributed by atoms with Gasteiger partial charge >= 0.3 is 0 Å². The lowest BCUT2D eigenvalue weighted by atomic mass is 9.90. The van der Waals surface area contributed by atoms with Gasteiger partial charge in [-0.05, 0) is 58.4 Å². The average Bonchev–Trinajstić information content (AvgIpc) is 3.67. The molecule has 2 aromatic heterocycles. The van der Waals surface area contributed by atoms with Crippen LogP contribution in [0.4, 0.5) is 11.4 Å². The molecule has 0 spiro atoms. The fraction of sp³-hybridized carbons (Fsp3) is 0.0556. The summed E-state index contributed by atoms with van der Waals surface area (Å²) >= 11 is 3.77. The molecule has 190 valence electrons. The van der Waals surface area contributed by atoms with Crippen LogP contribution in [0.25, 0.3) is 49.4 Å². The smallest absolute Gasteiger partial charge is 0.151 e. The van der Waals surface area contributed by atoms with Gasteiger partial charge < -0.3 is 13.9 Å². The molecule has 40 heavy (non-hydrogen) atoms. The topological polar surface area (TPSA) is 21.3 Å². The van der Waals surface area contributed by atoms with E-state index in [9.17, 15) is 0 Å². The SMILES string of the molecule is Brc1ccc(-n2c3ccccc3c3ccc4c(c32)C2C=CC=CC2N4c2ccccc2)c2c1oc1ccccc12. The van der Waals surface area contributed by atoms with Crippen molar-refractivity contribution in [1.29, 1.82) is 0 Å². The van der Waals surface area contributed by atoms with Crippen LogP contribution in [0.2, 0.25) is 0 Å². The number of rotatable bonds is 2. The molecule has 9 rings (SSSR count). The minimum Gasteiger partial charge on any atom is -0.455 e. The molecule has 3 nitrogen and oxygen atoms in total. The van der Waals surface area contributed by atoms with E-state index < -0.39 is 0 Å². The number of aromatic nitrogens is 1. The van der Waals surface area contributed by atoms with Crippen molar-refractivity contribution in [3.8, 4) is 5.69 Å². The standard InChI is InChI=1S/C36H23BrN2O/c37-27-19-21-31(34-26-14-6-9-17-32(26)40-36(27)34)39-28-15-7-4-12-23(28)24-18-20-30-33(35(24)39)25-13-5-8-16-29(25)38(30)22-10-2-1-3-11-22/h1-21,25,29H. The number of furan rings is 1. The van der Waals surface area contributed by atoms with E-state index in [4.69, 9.17) is 4.42 Å². The highest BCUT2D eigenvalue weighted by Gasteiger charge is 2.40. The van der Waals surface area contributed by atoms with Crippen molar-refractivity contribution in [1.82, 2.24) is 4.57 Å². The fourth-order valence-corrected chi connectivity index (χ4v) is 7.41. The normalized spacial score (nSPS) is 17.9. The largest absolute Gasteiger partial charge is 0.455 e. The number of para-hydroxylation sites is 3. The lowest BCUT2D eigenvalue weighted by molar-refractivity contribution is 0.666. The molecule has 0 bridgehead atoms. The summed E-state index contributed by atoms with van der Waals surface area (Å²) in [5.74, 6) is 0.235. The maximum Gasteiger partial charge on any atom is 0.151 e. The molecule has 4 heteroatoms. The summed E-state index contributed by atoms with van der Waals surface area (Å²) in [6.07, 6.45) is 9.11. The fourth-order valence-electron chi connectivity index (χ4n) is 7.00. The summed E-state index contributed by atoms with van der Waals surface area (Å²) in [4.78, 5) is 2.51. The monoisotopic (exact) mass is 578 g/mol. The van der Waals surface area contributed by atoms with Crippen LogP contribution in [-0.2, 0) is 0 Å².